The largest absolute Gasteiger partial charge is 0.481 e. The van der Waals surface area contributed by atoms with E-state index in [-0.39, 0.29) is 18.5 Å². The average Bonchev–Trinajstić information content (AvgIpc) is 2.37. The molecule has 0 spiro atoms. The van der Waals surface area contributed by atoms with Crippen LogP contribution in [0.5, 0.6) is 0 Å². The first-order valence-electron chi connectivity index (χ1n) is 6.04. The summed E-state index contributed by atoms with van der Waals surface area (Å²) >= 11 is 0. The quantitative estimate of drug-likeness (QED) is 0.709. The molecule has 1 rings (SSSR count). The molecule has 3 N–H and O–H groups in total. The third kappa shape index (κ3) is 4.57. The van der Waals surface area contributed by atoms with Crippen molar-refractivity contribution in [2.45, 2.75) is 31.9 Å². The van der Waals surface area contributed by atoms with Gasteiger partial charge in [0.1, 0.15) is 0 Å². The number of rotatable bonds is 7. The molecule has 0 aliphatic heterocycles. The highest BCUT2D eigenvalue weighted by atomic mass is 19.2. The van der Waals surface area contributed by atoms with Crippen LogP contribution in [-0.2, 0) is 4.79 Å². The molecular formula is C13H17F2NO3. The van der Waals surface area contributed by atoms with Gasteiger partial charge in [0.2, 0.25) is 0 Å². The highest BCUT2D eigenvalue weighted by molar-refractivity contribution is 5.66. The van der Waals surface area contributed by atoms with Crippen molar-refractivity contribution >= 4 is 5.97 Å². The highest BCUT2D eigenvalue weighted by Gasteiger charge is 2.20. The molecule has 106 valence electrons. The summed E-state index contributed by atoms with van der Waals surface area (Å²) in [7, 11) is 0. The molecule has 0 radical (unpaired) electrons. The molecule has 1 aromatic carbocycles. The lowest BCUT2D eigenvalue weighted by Gasteiger charge is -2.23. The number of aliphatic hydroxyl groups is 1. The Morgan fingerprint density at radius 2 is 2.05 bits per heavy atom. The summed E-state index contributed by atoms with van der Waals surface area (Å²) in [5.41, 5.74) is 0.258. The molecule has 0 heterocycles. The molecule has 2 atom stereocenters. The van der Waals surface area contributed by atoms with Gasteiger partial charge in [-0.25, -0.2) is 8.78 Å². The van der Waals surface area contributed by atoms with Crippen LogP contribution in [0.25, 0.3) is 0 Å². The summed E-state index contributed by atoms with van der Waals surface area (Å²) in [5, 5.41) is 21.5. The second-order valence-corrected chi connectivity index (χ2v) is 4.23. The second-order valence-electron chi connectivity index (χ2n) is 4.23. The van der Waals surface area contributed by atoms with E-state index in [1.54, 1.807) is 0 Å². The van der Waals surface area contributed by atoms with Gasteiger partial charge in [-0.05, 0) is 24.1 Å². The third-order valence-corrected chi connectivity index (χ3v) is 2.85. The van der Waals surface area contributed by atoms with Gasteiger partial charge in [0.15, 0.2) is 11.6 Å². The lowest BCUT2D eigenvalue weighted by atomic mass is 10.00. The van der Waals surface area contributed by atoms with Crippen LogP contribution in [0, 0.1) is 11.6 Å². The zero-order valence-electron chi connectivity index (χ0n) is 10.6. The van der Waals surface area contributed by atoms with Crippen molar-refractivity contribution in [2.75, 3.05) is 6.54 Å². The standard InChI is InChI=1S/C13H17F2NO3/c1-2-11(16-6-5-12(17)18)13(19)8-3-4-9(14)10(15)7-8/h3-4,7,11,13,16,19H,2,5-6H2,1H3,(H,17,18). The molecule has 1 aromatic rings. The van der Waals surface area contributed by atoms with Crippen LogP contribution in [0.3, 0.4) is 0 Å². The number of carboxylic acid groups (broad SMARTS) is 1. The molecule has 0 aliphatic carbocycles. The predicted molar refractivity (Wildman–Crippen MR) is 65.7 cm³/mol. The Balaban J connectivity index is 2.68. The Morgan fingerprint density at radius 3 is 2.58 bits per heavy atom. The molecule has 0 saturated heterocycles. The summed E-state index contributed by atoms with van der Waals surface area (Å²) in [6, 6.07) is 2.80. The average molecular weight is 273 g/mol. The molecule has 0 aromatic heterocycles. The van der Waals surface area contributed by atoms with E-state index in [1.165, 1.54) is 6.07 Å². The number of hydrogen-bond donors (Lipinski definition) is 3. The first-order chi connectivity index (χ1) is 8.95. The molecule has 2 unspecified atom stereocenters. The van der Waals surface area contributed by atoms with E-state index >= 15 is 0 Å². The van der Waals surface area contributed by atoms with Crippen molar-refractivity contribution in [3.05, 3.63) is 35.4 Å². The maximum absolute atomic E-state index is 13.1. The topological polar surface area (TPSA) is 69.6 Å². The number of carboxylic acids is 1. The monoisotopic (exact) mass is 273 g/mol. The van der Waals surface area contributed by atoms with Gasteiger partial charge in [0.25, 0.3) is 0 Å². The van der Waals surface area contributed by atoms with E-state index in [0.29, 0.717) is 6.42 Å². The van der Waals surface area contributed by atoms with Crippen molar-refractivity contribution < 1.29 is 23.8 Å². The minimum Gasteiger partial charge on any atom is -0.481 e. The van der Waals surface area contributed by atoms with E-state index in [4.69, 9.17) is 5.11 Å². The van der Waals surface area contributed by atoms with Gasteiger partial charge in [-0.3, -0.25) is 4.79 Å². The number of halogens is 2. The van der Waals surface area contributed by atoms with Crippen molar-refractivity contribution in [1.29, 1.82) is 0 Å². The van der Waals surface area contributed by atoms with Crippen LogP contribution >= 0.6 is 0 Å². The Labute approximate surface area is 110 Å². The fourth-order valence-electron chi connectivity index (χ4n) is 1.77. The van der Waals surface area contributed by atoms with E-state index in [9.17, 15) is 18.7 Å². The van der Waals surface area contributed by atoms with Crippen LogP contribution in [0.1, 0.15) is 31.4 Å². The van der Waals surface area contributed by atoms with E-state index < -0.39 is 29.7 Å². The smallest absolute Gasteiger partial charge is 0.304 e. The predicted octanol–water partition coefficient (Wildman–Crippen LogP) is 1.84. The summed E-state index contributed by atoms with van der Waals surface area (Å²) < 4.78 is 25.9. The first-order valence-corrected chi connectivity index (χ1v) is 6.04. The third-order valence-electron chi connectivity index (χ3n) is 2.85. The molecule has 0 bridgehead atoms. The molecule has 0 amide bonds. The van der Waals surface area contributed by atoms with Gasteiger partial charge in [-0.1, -0.05) is 13.0 Å². The van der Waals surface area contributed by atoms with E-state index in [2.05, 4.69) is 5.32 Å². The van der Waals surface area contributed by atoms with Gasteiger partial charge in [0.05, 0.1) is 12.5 Å². The highest BCUT2D eigenvalue weighted by Crippen LogP contribution is 2.21. The summed E-state index contributed by atoms with van der Waals surface area (Å²) in [6.45, 7) is 2.01. The van der Waals surface area contributed by atoms with Crippen LogP contribution in [0.4, 0.5) is 8.78 Å². The second kappa shape index (κ2) is 7.16. The Hall–Kier alpha value is -1.53. The number of hydrogen-bond acceptors (Lipinski definition) is 3. The van der Waals surface area contributed by atoms with Crippen LogP contribution < -0.4 is 5.32 Å². The molecule has 6 heteroatoms. The number of carbonyl (C=O) groups is 1. The Bertz CT molecular complexity index is 440. The number of aliphatic hydroxyl groups excluding tert-OH is 1. The van der Waals surface area contributed by atoms with Crippen LogP contribution in [0.2, 0.25) is 0 Å². The number of aliphatic carboxylic acids is 1. The fraction of sp³-hybridized carbons (Fsp3) is 0.462. The number of nitrogens with one attached hydrogen (secondary N) is 1. The van der Waals surface area contributed by atoms with Gasteiger partial charge >= 0.3 is 5.97 Å². The van der Waals surface area contributed by atoms with Crippen molar-refractivity contribution in [1.82, 2.24) is 5.32 Å². The molecule has 0 aliphatic rings. The van der Waals surface area contributed by atoms with Crippen LogP contribution in [-0.4, -0.2) is 28.8 Å². The van der Waals surface area contributed by atoms with Crippen molar-refractivity contribution in [2.24, 2.45) is 0 Å². The lowest BCUT2D eigenvalue weighted by molar-refractivity contribution is -0.136. The van der Waals surface area contributed by atoms with E-state index in [0.717, 1.165) is 12.1 Å². The van der Waals surface area contributed by atoms with Crippen molar-refractivity contribution in [3.63, 3.8) is 0 Å². The zero-order valence-corrected chi connectivity index (χ0v) is 10.6. The minimum atomic E-state index is -1.02. The molecule has 19 heavy (non-hydrogen) atoms. The Morgan fingerprint density at radius 1 is 1.37 bits per heavy atom. The molecular weight excluding hydrogens is 256 g/mol. The maximum Gasteiger partial charge on any atom is 0.304 e. The van der Waals surface area contributed by atoms with Gasteiger partial charge < -0.3 is 15.5 Å². The molecule has 0 saturated carbocycles. The molecule has 0 fully saturated rings. The van der Waals surface area contributed by atoms with Crippen LogP contribution in [0.15, 0.2) is 18.2 Å². The lowest BCUT2D eigenvalue weighted by Crippen LogP contribution is -2.35. The first kappa shape index (κ1) is 15.5. The minimum absolute atomic E-state index is 0.0685. The summed E-state index contributed by atoms with van der Waals surface area (Å²) in [4.78, 5) is 10.4. The number of benzene rings is 1. The zero-order chi connectivity index (χ0) is 14.4. The Kier molecular flexibility index (Phi) is 5.85. The van der Waals surface area contributed by atoms with Gasteiger partial charge in [-0.2, -0.15) is 0 Å². The fourth-order valence-corrected chi connectivity index (χ4v) is 1.77. The molecule has 4 nitrogen and oxygen atoms in total. The van der Waals surface area contributed by atoms with Gasteiger partial charge in [0, 0.05) is 12.6 Å². The normalized spacial score (nSPS) is 14.1. The van der Waals surface area contributed by atoms with E-state index in [1.807, 2.05) is 6.92 Å². The summed E-state index contributed by atoms with van der Waals surface area (Å²) in [5.74, 6) is -2.93. The van der Waals surface area contributed by atoms with Gasteiger partial charge in [-0.15, -0.1) is 0 Å². The summed E-state index contributed by atoms with van der Waals surface area (Å²) in [6.07, 6.45) is -0.560. The SMILES string of the molecule is CCC(NCCC(=O)O)C(O)c1ccc(F)c(F)c1. The maximum atomic E-state index is 13.1. The van der Waals surface area contributed by atoms with Crippen molar-refractivity contribution in [3.8, 4) is 0 Å².